The first-order chi connectivity index (χ1) is 40.1. The van der Waals surface area contributed by atoms with Crippen molar-refractivity contribution in [3.8, 4) is 0 Å². The zero-order chi connectivity index (χ0) is 64.2. The average Bonchev–Trinajstić information content (AvgIpc) is 3.84. The van der Waals surface area contributed by atoms with Gasteiger partial charge in [-0.15, -0.1) is 0 Å². The van der Waals surface area contributed by atoms with Gasteiger partial charge in [-0.3, -0.25) is 57.7 Å². The Balaban J connectivity index is 2.30. The minimum absolute atomic E-state index is 0.108. The Kier molecular flexibility index (Phi) is 32.0. The lowest BCUT2D eigenvalue weighted by molar-refractivity contribution is -0.157. The van der Waals surface area contributed by atoms with Crippen LogP contribution in [0.1, 0.15) is 126 Å². The molecule has 0 saturated carbocycles. The maximum absolute atomic E-state index is 14.0. The number of aliphatic imine (C=N–C) groups is 1. The Morgan fingerprint density at radius 1 is 0.682 bits per heavy atom. The summed E-state index contributed by atoms with van der Waals surface area (Å²) in [5.41, 5.74) is 11.9. The second-order valence-electron chi connectivity index (χ2n) is 21.9. The molecule has 28 heteroatoms. The number of benzene rings is 1. The van der Waals surface area contributed by atoms with Crippen molar-refractivity contribution in [3.63, 3.8) is 0 Å². The summed E-state index contributed by atoms with van der Waals surface area (Å²) in [6.07, 6.45) is -0.949. The Morgan fingerprint density at radius 2 is 1.21 bits per heavy atom. The molecule has 1 fully saturated rings. The molecule has 85 heavy (non-hydrogen) atoms. The van der Waals surface area contributed by atoms with E-state index in [4.69, 9.17) is 16.2 Å². The van der Waals surface area contributed by atoms with E-state index in [1.165, 1.54) is 20.8 Å². The number of hydrogen-bond donors (Lipinski definition) is 14. The van der Waals surface area contributed by atoms with Crippen molar-refractivity contribution in [3.05, 3.63) is 35.9 Å². The molecule has 2 rings (SSSR count). The number of cyclic esters (lactones) is 1. The molecular weight excluding hydrogens is 1110 g/mol. The van der Waals surface area contributed by atoms with Gasteiger partial charge in [0.15, 0.2) is 5.78 Å². The van der Waals surface area contributed by atoms with Gasteiger partial charge >= 0.3 is 5.97 Å². The number of primary amides is 1. The van der Waals surface area contributed by atoms with E-state index in [9.17, 15) is 67.7 Å². The number of likely N-dealkylation sites (N-methyl/N-ethyl adjacent to an activating group) is 1. The maximum Gasteiger partial charge on any atom is 0.329 e. The summed E-state index contributed by atoms with van der Waals surface area (Å²) in [6, 6.07) is -4.70. The quantitative estimate of drug-likeness (QED) is 0.0151. The number of nitrogens with zero attached hydrogens (tertiary/aromatic N) is 1. The molecule has 476 valence electrons. The van der Waals surface area contributed by atoms with Crippen LogP contribution in [-0.2, 0) is 68.7 Å². The van der Waals surface area contributed by atoms with Gasteiger partial charge in [-0.1, -0.05) is 98.1 Å². The van der Waals surface area contributed by atoms with Crippen LogP contribution >= 0.6 is 0 Å². The number of aliphatic hydroxyl groups excluding tert-OH is 2. The highest BCUT2D eigenvalue weighted by molar-refractivity contribution is 5.99. The summed E-state index contributed by atoms with van der Waals surface area (Å²) in [6.45, 7) is 14.1. The van der Waals surface area contributed by atoms with Crippen molar-refractivity contribution >= 4 is 76.7 Å². The lowest BCUT2D eigenvalue weighted by atomic mass is 9.95. The molecule has 1 aromatic carbocycles. The number of esters is 1. The standard InChI is InChI=1S/C57H93N13O15/c1-12-29(4)44(67-51(78)38(22-23-43(59)74)64-53(80)40(27-71)66-56(83)45(30(5)13-2)68-52(79)39(60-11)26-36-19-16-15-17-20-36)55(82)62-33(8)49(76)65-41(28-72)54(81)70-47-34(9)85-57(84)46(31(6)14-3)69-50(77)37(21-18-24-61-35(10)58)63-48(75)32(7)25-42(47)73/h15-17,19-20,29-34,37-41,44-47,60,71-72H,12-14,18,21-28H2,1-11H3,(H2,58,61)(H2,59,74)(H,62,82)(H,63,75)(H,64,80)(H,65,76)(H,66,83)(H,67,78)(H,68,79)(H,69,77)(H,70,81)/t29-,30+,31+,32-,33+,34+,37+,38-,39-,40+,41+,44-,45+,46+,47-/m1/s1. The summed E-state index contributed by atoms with van der Waals surface area (Å²) < 4.78 is 5.71. The predicted octanol–water partition coefficient (Wildman–Crippen LogP) is -2.71. The number of rotatable bonds is 32. The molecule has 1 saturated heterocycles. The molecule has 0 radical (unpaired) electrons. The lowest BCUT2D eigenvalue weighted by Crippen LogP contribution is -2.62. The van der Waals surface area contributed by atoms with E-state index in [1.807, 2.05) is 30.3 Å². The van der Waals surface area contributed by atoms with Crippen LogP contribution in [0.5, 0.6) is 0 Å². The highest BCUT2D eigenvalue weighted by Gasteiger charge is 2.40. The first-order valence-electron chi connectivity index (χ1n) is 29.0. The van der Waals surface area contributed by atoms with Crippen molar-refractivity contribution in [2.24, 2.45) is 40.1 Å². The van der Waals surface area contributed by atoms with Crippen LogP contribution in [0.25, 0.3) is 0 Å². The van der Waals surface area contributed by atoms with Gasteiger partial charge in [0.2, 0.25) is 59.1 Å². The fraction of sp³-hybridized carbons (Fsp3) is 0.667. The molecule has 1 aromatic rings. The SMILES string of the molecule is CC[C@@H](C)[C@@H](NC(=O)[C@@H](CCC(N)=O)NC(=O)[C@H](CO)NC(=O)[C@@H](NC(=O)[C@@H](Cc1ccccc1)NC)[C@@H](C)CC)C(=O)N[C@@H](C)C(=O)N[C@@H](CO)C(=O)N[C@H]1C(=O)C[C@@H](C)C(=O)N[C@@H](CCCN=C(C)N)C(=O)N[C@@H]([C@@H](C)CC)C(=O)O[C@H]1C. The monoisotopic (exact) mass is 1200 g/mol. The predicted molar refractivity (Wildman–Crippen MR) is 313 cm³/mol. The largest absolute Gasteiger partial charge is 0.458 e. The summed E-state index contributed by atoms with van der Waals surface area (Å²) >= 11 is 0. The molecule has 0 unspecified atom stereocenters. The smallest absolute Gasteiger partial charge is 0.329 e. The van der Waals surface area contributed by atoms with Gasteiger partial charge in [0, 0.05) is 25.3 Å². The molecule has 16 N–H and O–H groups in total. The van der Waals surface area contributed by atoms with Gasteiger partial charge in [-0.25, -0.2) is 4.79 Å². The molecule has 0 spiro atoms. The van der Waals surface area contributed by atoms with Crippen LogP contribution in [0.2, 0.25) is 0 Å². The number of carbonyl (C=O) groups is 12. The molecule has 15 atom stereocenters. The molecule has 10 amide bonds. The molecule has 1 aliphatic heterocycles. The molecule has 0 aliphatic carbocycles. The van der Waals surface area contributed by atoms with Crippen LogP contribution in [-0.4, -0.2) is 180 Å². The number of hydrogen-bond acceptors (Lipinski definition) is 17. The summed E-state index contributed by atoms with van der Waals surface area (Å²) in [7, 11) is 1.60. The second-order valence-corrected chi connectivity index (χ2v) is 21.9. The summed E-state index contributed by atoms with van der Waals surface area (Å²) in [5.74, 6) is -12.7. The second kappa shape index (κ2) is 37.0. The number of aliphatic hydroxyl groups is 2. The Hall–Kier alpha value is -7.59. The van der Waals surface area contributed by atoms with Crippen molar-refractivity contribution in [2.75, 3.05) is 26.8 Å². The lowest BCUT2D eigenvalue weighted by Gasteiger charge is -2.30. The van der Waals surface area contributed by atoms with E-state index < -0.39 is 193 Å². The van der Waals surface area contributed by atoms with Crippen molar-refractivity contribution in [1.82, 2.24) is 53.2 Å². The molecule has 0 bridgehead atoms. The molecule has 1 aliphatic rings. The zero-order valence-corrected chi connectivity index (χ0v) is 50.8. The van der Waals surface area contributed by atoms with E-state index in [0.717, 1.165) is 5.56 Å². The number of Topliss-reactive ketones (excluding diaryl/α,β-unsaturated/α-hetero) is 1. The number of carbonyl (C=O) groups excluding carboxylic acids is 12. The topological polar surface area (TPSA) is 439 Å². The maximum atomic E-state index is 14.0. The van der Waals surface area contributed by atoms with E-state index in [1.54, 1.807) is 55.5 Å². The van der Waals surface area contributed by atoms with Crippen LogP contribution in [0, 0.1) is 23.7 Å². The number of amides is 10. The fourth-order valence-electron chi connectivity index (χ4n) is 8.85. The van der Waals surface area contributed by atoms with Crippen molar-refractivity contribution in [1.29, 1.82) is 0 Å². The van der Waals surface area contributed by atoms with E-state index in [0.29, 0.717) is 31.5 Å². The fourth-order valence-corrected chi connectivity index (χ4v) is 8.85. The third-order valence-corrected chi connectivity index (χ3v) is 15.0. The first kappa shape index (κ1) is 73.5. The van der Waals surface area contributed by atoms with Crippen molar-refractivity contribution in [2.45, 2.75) is 194 Å². The van der Waals surface area contributed by atoms with E-state index in [-0.39, 0.29) is 19.4 Å². The Labute approximate surface area is 497 Å². The first-order valence-corrected chi connectivity index (χ1v) is 29.0. The van der Waals surface area contributed by atoms with Gasteiger partial charge < -0.3 is 79.6 Å². The van der Waals surface area contributed by atoms with Crippen LogP contribution < -0.4 is 64.6 Å². The van der Waals surface area contributed by atoms with Gasteiger partial charge in [-0.05, 0) is 76.8 Å². The third kappa shape index (κ3) is 24.1. The van der Waals surface area contributed by atoms with Crippen LogP contribution in [0.4, 0.5) is 0 Å². The van der Waals surface area contributed by atoms with Gasteiger partial charge in [0.1, 0.15) is 60.5 Å². The normalized spacial score (nSPS) is 21.4. The molecule has 1 heterocycles. The third-order valence-electron chi connectivity index (χ3n) is 15.0. The Bertz CT molecular complexity index is 2480. The highest BCUT2D eigenvalue weighted by Crippen LogP contribution is 2.18. The van der Waals surface area contributed by atoms with Crippen molar-refractivity contribution < 1.29 is 72.5 Å². The minimum Gasteiger partial charge on any atom is -0.458 e. The van der Waals surface area contributed by atoms with Gasteiger partial charge in [-0.2, -0.15) is 0 Å². The average molecular weight is 1200 g/mol. The molecular formula is C57H93N13O15. The van der Waals surface area contributed by atoms with E-state index >= 15 is 0 Å². The van der Waals surface area contributed by atoms with Gasteiger partial charge in [0.05, 0.1) is 25.1 Å². The zero-order valence-electron chi connectivity index (χ0n) is 50.8. The number of nitrogens with one attached hydrogen (secondary N) is 10. The molecule has 0 aromatic heterocycles. The number of ketones is 1. The summed E-state index contributed by atoms with van der Waals surface area (Å²) in [4.78, 5) is 168. The number of amidine groups is 1. The minimum atomic E-state index is -1.78. The Morgan fingerprint density at radius 3 is 1.74 bits per heavy atom. The summed E-state index contributed by atoms with van der Waals surface area (Å²) in [5, 5.41) is 46.4. The number of nitrogens with two attached hydrogens (primary N) is 2. The van der Waals surface area contributed by atoms with Gasteiger partial charge in [0.25, 0.3) is 0 Å². The van der Waals surface area contributed by atoms with E-state index in [2.05, 4.69) is 58.2 Å². The van der Waals surface area contributed by atoms with Crippen LogP contribution in [0.3, 0.4) is 0 Å². The molecule has 28 nitrogen and oxygen atoms in total. The highest BCUT2D eigenvalue weighted by atomic mass is 16.5. The van der Waals surface area contributed by atoms with Crippen LogP contribution in [0.15, 0.2) is 35.3 Å². The number of ether oxygens (including phenoxy) is 1.